The fourth-order valence-corrected chi connectivity index (χ4v) is 3.41. The monoisotopic (exact) mass is 332 g/mol. The van der Waals surface area contributed by atoms with Crippen molar-refractivity contribution in [3.63, 3.8) is 0 Å². The van der Waals surface area contributed by atoms with Gasteiger partial charge in [-0.1, -0.05) is 11.6 Å². The van der Waals surface area contributed by atoms with Gasteiger partial charge in [0.2, 0.25) is 5.78 Å². The van der Waals surface area contributed by atoms with Gasteiger partial charge in [-0.05, 0) is 32.9 Å². The number of aromatic nitrogens is 2. The average Bonchev–Trinajstić information content (AvgIpc) is 3.16. The maximum absolute atomic E-state index is 13.0. The molecule has 0 aliphatic carbocycles. The van der Waals surface area contributed by atoms with Gasteiger partial charge < -0.3 is 18.9 Å². The summed E-state index contributed by atoms with van der Waals surface area (Å²) >= 11 is 0. The Kier molecular flexibility index (Phi) is 3.50. The lowest BCUT2D eigenvalue weighted by Crippen LogP contribution is -2.36. The Morgan fingerprint density at radius 3 is 2.79 bits per heavy atom. The lowest BCUT2D eigenvalue weighted by molar-refractivity contribution is -0.220. The van der Waals surface area contributed by atoms with E-state index < -0.39 is 30.4 Å². The third-order valence-electron chi connectivity index (χ3n) is 4.45. The number of ketones is 1. The number of ether oxygens (including phenoxy) is 4. The van der Waals surface area contributed by atoms with E-state index >= 15 is 0 Å². The number of rotatable bonds is 3. The molecule has 2 aliphatic heterocycles. The van der Waals surface area contributed by atoms with Gasteiger partial charge >= 0.3 is 0 Å². The predicted octanol–water partition coefficient (Wildman–Crippen LogP) is 1.95. The Morgan fingerprint density at radius 2 is 2.04 bits per heavy atom. The summed E-state index contributed by atoms with van der Waals surface area (Å²) in [5, 5.41) is 7.86. The molecule has 128 valence electrons. The number of H-pyrrole nitrogens is 1. The van der Waals surface area contributed by atoms with Crippen LogP contribution >= 0.6 is 0 Å². The second kappa shape index (κ2) is 5.35. The molecule has 0 radical (unpaired) electrons. The SMILES string of the molecule is CO[C@@H]1O[C@H](C(=O)c2n[nH]c3ccc(C)cc23)[C@H]2OC(C)(C)O[C@@H]12. The van der Waals surface area contributed by atoms with Gasteiger partial charge in [0, 0.05) is 12.5 Å². The fourth-order valence-electron chi connectivity index (χ4n) is 3.41. The Bertz CT molecular complexity index is 799. The molecule has 0 saturated carbocycles. The number of aromatic amines is 1. The summed E-state index contributed by atoms with van der Waals surface area (Å²) in [5.74, 6) is -1.01. The quantitative estimate of drug-likeness (QED) is 0.865. The van der Waals surface area contributed by atoms with Crippen LogP contribution in [-0.4, -0.2) is 53.5 Å². The molecular weight excluding hydrogens is 312 g/mol. The first-order valence-electron chi connectivity index (χ1n) is 7.92. The number of hydrogen-bond donors (Lipinski definition) is 1. The maximum Gasteiger partial charge on any atom is 0.215 e. The second-order valence-corrected chi connectivity index (χ2v) is 6.71. The normalized spacial score (nSPS) is 31.5. The summed E-state index contributed by atoms with van der Waals surface area (Å²) in [6.45, 7) is 5.60. The highest BCUT2D eigenvalue weighted by Crippen LogP contribution is 2.40. The van der Waals surface area contributed by atoms with Crippen molar-refractivity contribution < 1.29 is 23.7 Å². The maximum atomic E-state index is 13.0. The Hall–Kier alpha value is -1.80. The van der Waals surface area contributed by atoms with Crippen LogP contribution in [0.1, 0.15) is 29.9 Å². The number of carbonyl (C=O) groups is 1. The molecule has 0 amide bonds. The molecule has 2 fully saturated rings. The summed E-state index contributed by atoms with van der Waals surface area (Å²) in [6, 6.07) is 5.81. The van der Waals surface area contributed by atoms with Crippen molar-refractivity contribution in [2.75, 3.05) is 7.11 Å². The molecule has 0 spiro atoms. The van der Waals surface area contributed by atoms with E-state index in [1.165, 1.54) is 7.11 Å². The van der Waals surface area contributed by atoms with Crippen LogP contribution in [0.25, 0.3) is 10.9 Å². The molecule has 7 heteroatoms. The number of carbonyl (C=O) groups excluding carboxylic acids is 1. The molecule has 1 aromatic heterocycles. The summed E-state index contributed by atoms with van der Waals surface area (Å²) < 4.78 is 22.8. The molecule has 0 unspecified atom stereocenters. The smallest absolute Gasteiger partial charge is 0.215 e. The predicted molar refractivity (Wildman–Crippen MR) is 84.7 cm³/mol. The zero-order valence-corrected chi connectivity index (χ0v) is 14.0. The van der Waals surface area contributed by atoms with Crippen molar-refractivity contribution in [3.05, 3.63) is 29.5 Å². The first-order valence-corrected chi connectivity index (χ1v) is 7.92. The van der Waals surface area contributed by atoms with Crippen molar-refractivity contribution in [1.29, 1.82) is 0 Å². The molecule has 2 saturated heterocycles. The van der Waals surface area contributed by atoms with Gasteiger partial charge in [0.15, 0.2) is 18.2 Å². The van der Waals surface area contributed by atoms with Crippen LogP contribution in [0, 0.1) is 6.92 Å². The molecule has 2 aliphatic rings. The number of benzene rings is 1. The van der Waals surface area contributed by atoms with Gasteiger partial charge in [-0.25, -0.2) is 0 Å². The molecule has 2 aromatic rings. The third-order valence-corrected chi connectivity index (χ3v) is 4.45. The van der Waals surface area contributed by atoms with Crippen LogP contribution in [0.15, 0.2) is 18.2 Å². The Morgan fingerprint density at radius 1 is 1.29 bits per heavy atom. The number of hydrogen-bond acceptors (Lipinski definition) is 6. The van der Waals surface area contributed by atoms with Gasteiger partial charge in [-0.3, -0.25) is 9.89 Å². The van der Waals surface area contributed by atoms with Crippen LogP contribution in [-0.2, 0) is 18.9 Å². The van der Waals surface area contributed by atoms with Gasteiger partial charge in [0.25, 0.3) is 0 Å². The number of fused-ring (bicyclic) bond motifs is 2. The van der Waals surface area contributed by atoms with Crippen LogP contribution in [0.5, 0.6) is 0 Å². The Balaban J connectivity index is 1.70. The molecular formula is C17H20N2O5. The highest BCUT2D eigenvalue weighted by molar-refractivity contribution is 6.08. The topological polar surface area (TPSA) is 82.7 Å². The van der Waals surface area contributed by atoms with E-state index in [-0.39, 0.29) is 5.78 Å². The number of nitrogens with zero attached hydrogens (tertiary/aromatic N) is 1. The van der Waals surface area contributed by atoms with Crippen molar-refractivity contribution >= 4 is 16.7 Å². The number of aryl methyl sites for hydroxylation is 1. The minimum atomic E-state index is -0.811. The van der Waals surface area contributed by atoms with Crippen molar-refractivity contribution in [2.45, 2.75) is 51.2 Å². The molecule has 1 N–H and O–H groups in total. The van der Waals surface area contributed by atoms with Gasteiger partial charge in [-0.15, -0.1) is 0 Å². The van der Waals surface area contributed by atoms with E-state index in [0.29, 0.717) is 5.69 Å². The molecule has 0 bridgehead atoms. The minimum absolute atomic E-state index is 0.234. The average molecular weight is 332 g/mol. The molecule has 4 rings (SSSR count). The Labute approximate surface area is 139 Å². The summed E-state index contributed by atoms with van der Waals surface area (Å²) in [6.07, 6.45) is -2.41. The van der Waals surface area contributed by atoms with Gasteiger partial charge in [0.05, 0.1) is 5.52 Å². The van der Waals surface area contributed by atoms with Crippen LogP contribution in [0.2, 0.25) is 0 Å². The largest absolute Gasteiger partial charge is 0.353 e. The molecule has 1 aromatic carbocycles. The number of nitrogens with one attached hydrogen (secondary N) is 1. The molecule has 7 nitrogen and oxygen atoms in total. The number of Topliss-reactive ketones (excluding diaryl/α,β-unsaturated/α-hetero) is 1. The zero-order valence-electron chi connectivity index (χ0n) is 14.0. The summed E-state index contributed by atoms with van der Waals surface area (Å²) in [7, 11) is 1.52. The summed E-state index contributed by atoms with van der Waals surface area (Å²) in [5.41, 5.74) is 2.22. The standard InChI is InChI=1S/C17H20N2O5/c1-8-5-6-10-9(7-8)11(19-18-10)12(20)13-14-15(16(21-4)22-13)24-17(2,3)23-14/h5-7,13-16H,1-4H3,(H,18,19)/t13-,14-,15-,16-/m1/s1. The second-order valence-electron chi connectivity index (χ2n) is 6.71. The molecule has 3 heterocycles. The highest BCUT2D eigenvalue weighted by Gasteiger charge is 2.58. The first-order chi connectivity index (χ1) is 11.4. The number of methoxy groups -OCH3 is 1. The molecule has 24 heavy (non-hydrogen) atoms. The van der Waals surface area contributed by atoms with Crippen molar-refractivity contribution in [3.8, 4) is 0 Å². The van der Waals surface area contributed by atoms with Crippen LogP contribution < -0.4 is 0 Å². The lowest BCUT2D eigenvalue weighted by Gasteiger charge is -2.22. The first kappa shape index (κ1) is 15.7. The van der Waals surface area contributed by atoms with E-state index in [1.807, 2.05) is 39.0 Å². The van der Waals surface area contributed by atoms with Crippen molar-refractivity contribution in [2.24, 2.45) is 0 Å². The third kappa shape index (κ3) is 2.36. The van der Waals surface area contributed by atoms with Crippen molar-refractivity contribution in [1.82, 2.24) is 10.2 Å². The van der Waals surface area contributed by atoms with E-state index in [0.717, 1.165) is 16.5 Å². The van der Waals surface area contributed by atoms with E-state index in [2.05, 4.69) is 10.2 Å². The van der Waals surface area contributed by atoms with Crippen LogP contribution in [0.3, 0.4) is 0 Å². The fraction of sp³-hybridized carbons (Fsp3) is 0.529. The van der Waals surface area contributed by atoms with E-state index in [4.69, 9.17) is 18.9 Å². The zero-order chi connectivity index (χ0) is 17.1. The van der Waals surface area contributed by atoms with Gasteiger partial charge in [0.1, 0.15) is 17.9 Å². The lowest BCUT2D eigenvalue weighted by atomic mass is 10.0. The minimum Gasteiger partial charge on any atom is -0.353 e. The van der Waals surface area contributed by atoms with E-state index in [1.54, 1.807) is 0 Å². The molecule has 4 atom stereocenters. The van der Waals surface area contributed by atoms with Crippen LogP contribution in [0.4, 0.5) is 0 Å². The summed E-state index contributed by atoms with van der Waals surface area (Å²) in [4.78, 5) is 13.0. The van der Waals surface area contributed by atoms with E-state index in [9.17, 15) is 4.79 Å². The van der Waals surface area contributed by atoms with Gasteiger partial charge in [-0.2, -0.15) is 5.10 Å². The highest BCUT2D eigenvalue weighted by atomic mass is 16.8.